The first-order valence-electron chi connectivity index (χ1n) is 8.95. The number of hydrogen-bond donors (Lipinski definition) is 2. The molecule has 140 valence electrons. The zero-order valence-corrected chi connectivity index (χ0v) is 16.1. The normalized spacial score (nSPS) is 21.1. The van der Waals surface area contributed by atoms with Crippen molar-refractivity contribution >= 4 is 21.6 Å². The first-order chi connectivity index (χ1) is 11.8. The number of carbonyl (C=O) groups excluding carboxylic acids is 1. The Balaban J connectivity index is 1.95. The monoisotopic (exact) mass is 367 g/mol. The van der Waals surface area contributed by atoms with Crippen LogP contribution in [0.2, 0.25) is 0 Å². The molecule has 1 saturated carbocycles. The first kappa shape index (κ1) is 19.7. The minimum atomic E-state index is -3.31. The number of amides is 1. The van der Waals surface area contributed by atoms with Crippen LogP contribution in [0.25, 0.3) is 0 Å². The summed E-state index contributed by atoms with van der Waals surface area (Å²) >= 11 is 0. The highest BCUT2D eigenvalue weighted by molar-refractivity contribution is 7.92. The van der Waals surface area contributed by atoms with Gasteiger partial charge in [-0.1, -0.05) is 13.8 Å². The minimum Gasteiger partial charge on any atom is -0.349 e. The molecule has 25 heavy (non-hydrogen) atoms. The van der Waals surface area contributed by atoms with Crippen LogP contribution in [0.15, 0.2) is 24.3 Å². The van der Waals surface area contributed by atoms with Gasteiger partial charge in [-0.25, -0.2) is 8.42 Å². The quantitative estimate of drug-likeness (QED) is 0.776. The van der Waals surface area contributed by atoms with E-state index in [0.29, 0.717) is 17.3 Å². The minimum absolute atomic E-state index is 0.101. The van der Waals surface area contributed by atoms with Gasteiger partial charge in [0, 0.05) is 23.3 Å². The van der Waals surface area contributed by atoms with E-state index in [1.807, 2.05) is 0 Å². The molecule has 0 aromatic heterocycles. The smallest absolute Gasteiger partial charge is 0.251 e. The fourth-order valence-corrected chi connectivity index (χ4v) is 4.10. The lowest BCUT2D eigenvalue weighted by Crippen LogP contribution is -2.45. The van der Waals surface area contributed by atoms with Crippen molar-refractivity contribution < 1.29 is 13.2 Å². The Kier molecular flexibility index (Phi) is 6.84. The van der Waals surface area contributed by atoms with Gasteiger partial charge >= 0.3 is 0 Å². The van der Waals surface area contributed by atoms with Crippen LogP contribution in [0.3, 0.4) is 0 Å². The van der Waals surface area contributed by atoms with Crippen LogP contribution in [0.1, 0.15) is 49.9 Å². The number of anilines is 1. The summed E-state index contributed by atoms with van der Waals surface area (Å²) in [7, 11) is -3.31. The van der Waals surface area contributed by atoms with E-state index in [2.05, 4.69) is 28.8 Å². The summed E-state index contributed by atoms with van der Waals surface area (Å²) in [6.45, 7) is 6.43. The standard InChI is InChI=1S/C18H29N3O3S/c1-4-21(5-2)17-8-6-7-16(13-17)19-18(22)14-9-11-15(12-10-14)20-25(3,23)24/h9-12,16-17,20H,4-8,13H2,1-3H3,(H,19,22). The summed E-state index contributed by atoms with van der Waals surface area (Å²) in [6, 6.07) is 7.24. The van der Waals surface area contributed by atoms with Crippen molar-refractivity contribution in [3.8, 4) is 0 Å². The largest absolute Gasteiger partial charge is 0.349 e. The second-order valence-corrected chi connectivity index (χ2v) is 8.41. The van der Waals surface area contributed by atoms with Crippen molar-refractivity contribution in [1.29, 1.82) is 0 Å². The molecule has 1 aliphatic rings. The second-order valence-electron chi connectivity index (χ2n) is 6.66. The molecule has 1 aromatic carbocycles. The van der Waals surface area contributed by atoms with Gasteiger partial charge in [0.2, 0.25) is 10.0 Å². The molecule has 6 nitrogen and oxygen atoms in total. The lowest BCUT2D eigenvalue weighted by atomic mass is 9.89. The van der Waals surface area contributed by atoms with Gasteiger partial charge in [0.1, 0.15) is 0 Å². The van der Waals surface area contributed by atoms with Crippen LogP contribution >= 0.6 is 0 Å². The number of nitrogens with zero attached hydrogens (tertiary/aromatic N) is 1. The first-order valence-corrected chi connectivity index (χ1v) is 10.8. The van der Waals surface area contributed by atoms with E-state index in [1.54, 1.807) is 24.3 Å². The maximum absolute atomic E-state index is 12.5. The SMILES string of the molecule is CCN(CC)C1CCCC(NC(=O)c2ccc(NS(C)(=O)=O)cc2)C1. The molecule has 2 atom stereocenters. The molecule has 0 radical (unpaired) electrons. The molecule has 2 rings (SSSR count). The average molecular weight is 368 g/mol. The van der Waals surface area contributed by atoms with E-state index in [9.17, 15) is 13.2 Å². The summed E-state index contributed by atoms with van der Waals surface area (Å²) in [5.74, 6) is -0.101. The Morgan fingerprint density at radius 3 is 2.36 bits per heavy atom. The Hall–Kier alpha value is -1.60. The van der Waals surface area contributed by atoms with Crippen molar-refractivity contribution in [2.75, 3.05) is 24.1 Å². The van der Waals surface area contributed by atoms with Gasteiger partial charge in [-0.2, -0.15) is 0 Å². The van der Waals surface area contributed by atoms with Crippen LogP contribution in [0.5, 0.6) is 0 Å². The van der Waals surface area contributed by atoms with Crippen molar-refractivity contribution in [1.82, 2.24) is 10.2 Å². The van der Waals surface area contributed by atoms with E-state index in [0.717, 1.165) is 38.6 Å². The summed E-state index contributed by atoms with van der Waals surface area (Å²) in [4.78, 5) is 14.9. The molecule has 1 aliphatic carbocycles. The van der Waals surface area contributed by atoms with Crippen molar-refractivity contribution in [2.24, 2.45) is 0 Å². The third-order valence-corrected chi connectivity index (χ3v) is 5.37. The Bertz CT molecular complexity index is 669. The van der Waals surface area contributed by atoms with Crippen molar-refractivity contribution in [3.05, 3.63) is 29.8 Å². The molecule has 2 unspecified atom stereocenters. The van der Waals surface area contributed by atoms with E-state index in [4.69, 9.17) is 0 Å². The Morgan fingerprint density at radius 1 is 1.16 bits per heavy atom. The third-order valence-electron chi connectivity index (χ3n) is 4.76. The van der Waals surface area contributed by atoms with Gasteiger partial charge in [-0.15, -0.1) is 0 Å². The van der Waals surface area contributed by atoms with E-state index < -0.39 is 10.0 Å². The maximum Gasteiger partial charge on any atom is 0.251 e. The highest BCUT2D eigenvalue weighted by atomic mass is 32.2. The third kappa shape index (κ3) is 6.01. The van der Waals surface area contributed by atoms with Gasteiger partial charge in [0.05, 0.1) is 6.26 Å². The summed E-state index contributed by atoms with van der Waals surface area (Å²) < 4.78 is 24.8. The van der Waals surface area contributed by atoms with E-state index in [-0.39, 0.29) is 11.9 Å². The lowest BCUT2D eigenvalue weighted by Gasteiger charge is -2.36. The average Bonchev–Trinajstić information content (AvgIpc) is 2.55. The van der Waals surface area contributed by atoms with E-state index in [1.165, 1.54) is 6.42 Å². The van der Waals surface area contributed by atoms with Crippen LogP contribution < -0.4 is 10.0 Å². The topological polar surface area (TPSA) is 78.5 Å². The highest BCUT2D eigenvalue weighted by Gasteiger charge is 2.26. The van der Waals surface area contributed by atoms with Gasteiger partial charge < -0.3 is 10.2 Å². The zero-order valence-electron chi connectivity index (χ0n) is 15.3. The summed E-state index contributed by atoms with van der Waals surface area (Å²) in [5, 5.41) is 3.13. The summed E-state index contributed by atoms with van der Waals surface area (Å²) in [6.07, 6.45) is 5.42. The Morgan fingerprint density at radius 2 is 1.80 bits per heavy atom. The number of rotatable bonds is 7. The molecule has 0 spiro atoms. The van der Waals surface area contributed by atoms with Crippen LogP contribution in [0.4, 0.5) is 5.69 Å². The molecule has 7 heteroatoms. The van der Waals surface area contributed by atoms with Crippen LogP contribution in [0, 0.1) is 0 Å². The van der Waals surface area contributed by atoms with Crippen LogP contribution in [-0.2, 0) is 10.0 Å². The Labute approximate surface area is 151 Å². The summed E-state index contributed by atoms with van der Waals surface area (Å²) in [5.41, 5.74) is 1.00. The molecule has 0 saturated heterocycles. The molecule has 1 fully saturated rings. The van der Waals surface area contributed by atoms with E-state index >= 15 is 0 Å². The molecule has 0 aliphatic heterocycles. The molecule has 2 N–H and O–H groups in total. The van der Waals surface area contributed by atoms with Gasteiger partial charge in [-0.05, 0) is 63.0 Å². The predicted octanol–water partition coefficient (Wildman–Crippen LogP) is 2.44. The fraction of sp³-hybridized carbons (Fsp3) is 0.611. The molecular weight excluding hydrogens is 338 g/mol. The number of sulfonamides is 1. The van der Waals surface area contributed by atoms with Gasteiger partial charge in [0.25, 0.3) is 5.91 Å². The molecule has 0 bridgehead atoms. The highest BCUT2D eigenvalue weighted by Crippen LogP contribution is 2.23. The van der Waals surface area contributed by atoms with Gasteiger partial charge in [0.15, 0.2) is 0 Å². The van der Waals surface area contributed by atoms with Crippen molar-refractivity contribution in [3.63, 3.8) is 0 Å². The maximum atomic E-state index is 12.5. The molecule has 1 aromatic rings. The van der Waals surface area contributed by atoms with Crippen LogP contribution in [-0.4, -0.2) is 50.7 Å². The molecule has 1 amide bonds. The fourth-order valence-electron chi connectivity index (χ4n) is 3.54. The number of benzene rings is 1. The predicted molar refractivity (Wildman–Crippen MR) is 101 cm³/mol. The second kappa shape index (κ2) is 8.67. The zero-order chi connectivity index (χ0) is 18.4. The number of nitrogens with one attached hydrogen (secondary N) is 2. The molecular formula is C18H29N3O3S. The number of hydrogen-bond acceptors (Lipinski definition) is 4. The number of carbonyl (C=O) groups is 1. The van der Waals surface area contributed by atoms with Gasteiger partial charge in [-0.3, -0.25) is 9.52 Å². The lowest BCUT2D eigenvalue weighted by molar-refractivity contribution is 0.0898. The van der Waals surface area contributed by atoms with Crippen molar-refractivity contribution in [2.45, 2.75) is 51.6 Å². The molecule has 0 heterocycles.